The van der Waals surface area contributed by atoms with Crippen molar-refractivity contribution in [2.24, 2.45) is 5.73 Å². The second-order valence-corrected chi connectivity index (χ2v) is 4.87. The Balaban J connectivity index is 2.72. The third-order valence-corrected chi connectivity index (χ3v) is 2.68. The maximum atomic E-state index is 12.1. The van der Waals surface area contributed by atoms with Gasteiger partial charge in [0.05, 0.1) is 18.6 Å². The zero-order chi connectivity index (χ0) is 14.4. The number of hydrogen-bond acceptors (Lipinski definition) is 3. The van der Waals surface area contributed by atoms with E-state index in [0.29, 0.717) is 10.7 Å². The predicted molar refractivity (Wildman–Crippen MR) is 80.6 cm³/mol. The van der Waals surface area contributed by atoms with Crippen LogP contribution in [0.15, 0.2) is 24.3 Å². The topological polar surface area (TPSA) is 67.6 Å². The first kappa shape index (κ1) is 15.2. The smallest absolute Gasteiger partial charge is 0.322 e. The van der Waals surface area contributed by atoms with Crippen LogP contribution in [0, 0.1) is 0 Å². The van der Waals surface area contributed by atoms with Crippen molar-refractivity contribution < 1.29 is 9.53 Å². The van der Waals surface area contributed by atoms with Crippen molar-refractivity contribution in [3.8, 4) is 5.75 Å². The first-order valence-corrected chi connectivity index (χ1v) is 6.35. The van der Waals surface area contributed by atoms with Crippen LogP contribution in [0.1, 0.15) is 13.8 Å². The highest BCUT2D eigenvalue weighted by Gasteiger charge is 2.17. The Morgan fingerprint density at radius 1 is 1.42 bits per heavy atom. The summed E-state index contributed by atoms with van der Waals surface area (Å²) in [7, 11) is 1.59. The number of ether oxygens (including phenoxy) is 1. The maximum absolute atomic E-state index is 12.1. The third kappa shape index (κ3) is 4.75. The fourth-order valence-corrected chi connectivity index (χ4v) is 1.67. The van der Waals surface area contributed by atoms with Crippen LogP contribution in [-0.2, 0) is 0 Å². The Hall–Kier alpha value is -1.82. The van der Waals surface area contributed by atoms with E-state index >= 15 is 0 Å². The number of methoxy groups -OCH3 is 1. The molecule has 0 atom stereocenters. The number of hydrogen-bond donors (Lipinski definition) is 2. The molecular weight excluding hydrogens is 262 g/mol. The van der Waals surface area contributed by atoms with Gasteiger partial charge in [0.25, 0.3) is 0 Å². The van der Waals surface area contributed by atoms with Crippen LogP contribution in [0.4, 0.5) is 10.5 Å². The molecule has 1 aromatic rings. The molecular formula is C13H19N3O2S. The summed E-state index contributed by atoms with van der Waals surface area (Å²) in [5, 5.41) is 2.80. The number of nitrogens with two attached hydrogens (primary N) is 1. The summed E-state index contributed by atoms with van der Waals surface area (Å²) >= 11 is 4.85. The van der Waals surface area contributed by atoms with Gasteiger partial charge in [0.1, 0.15) is 5.75 Å². The van der Waals surface area contributed by atoms with Crippen molar-refractivity contribution in [3.05, 3.63) is 24.3 Å². The molecule has 0 spiro atoms. The largest absolute Gasteiger partial charge is 0.497 e. The van der Waals surface area contributed by atoms with Crippen molar-refractivity contribution in [2.75, 3.05) is 19.0 Å². The molecule has 19 heavy (non-hydrogen) atoms. The highest BCUT2D eigenvalue weighted by molar-refractivity contribution is 7.80. The van der Waals surface area contributed by atoms with Crippen molar-refractivity contribution in [1.29, 1.82) is 0 Å². The lowest BCUT2D eigenvalue weighted by Crippen LogP contribution is -2.44. The minimum Gasteiger partial charge on any atom is -0.497 e. The van der Waals surface area contributed by atoms with Crippen LogP contribution in [0.2, 0.25) is 0 Å². The third-order valence-electron chi connectivity index (χ3n) is 2.55. The molecule has 2 amide bonds. The molecule has 1 rings (SSSR count). The molecule has 1 aromatic carbocycles. The predicted octanol–water partition coefficient (Wildman–Crippen LogP) is 2.22. The Morgan fingerprint density at radius 3 is 2.42 bits per heavy atom. The molecule has 0 aromatic heterocycles. The van der Waals surface area contributed by atoms with Gasteiger partial charge in [-0.15, -0.1) is 0 Å². The second kappa shape index (κ2) is 6.94. The van der Waals surface area contributed by atoms with E-state index in [-0.39, 0.29) is 18.6 Å². The van der Waals surface area contributed by atoms with Crippen LogP contribution in [0.5, 0.6) is 5.75 Å². The van der Waals surface area contributed by atoms with E-state index in [4.69, 9.17) is 22.7 Å². The molecule has 0 heterocycles. The molecule has 0 unspecified atom stereocenters. The van der Waals surface area contributed by atoms with Crippen LogP contribution >= 0.6 is 12.2 Å². The van der Waals surface area contributed by atoms with E-state index in [2.05, 4.69) is 5.32 Å². The van der Waals surface area contributed by atoms with Gasteiger partial charge in [-0.3, -0.25) is 0 Å². The van der Waals surface area contributed by atoms with Gasteiger partial charge in [-0.25, -0.2) is 4.79 Å². The second-order valence-electron chi connectivity index (χ2n) is 4.35. The van der Waals surface area contributed by atoms with Gasteiger partial charge in [-0.05, 0) is 38.1 Å². The number of benzene rings is 1. The van der Waals surface area contributed by atoms with E-state index in [9.17, 15) is 4.79 Å². The summed E-state index contributed by atoms with van der Waals surface area (Å²) in [6.45, 7) is 4.08. The molecule has 0 aliphatic carbocycles. The van der Waals surface area contributed by atoms with Gasteiger partial charge in [0.15, 0.2) is 0 Å². The minimum absolute atomic E-state index is 0.0137. The Kier molecular flexibility index (Phi) is 5.57. The summed E-state index contributed by atoms with van der Waals surface area (Å²) in [6.07, 6.45) is 0. The van der Waals surface area contributed by atoms with Gasteiger partial charge >= 0.3 is 6.03 Å². The van der Waals surface area contributed by atoms with Crippen molar-refractivity contribution in [3.63, 3.8) is 0 Å². The average Bonchev–Trinajstić information content (AvgIpc) is 2.36. The fourth-order valence-electron chi connectivity index (χ4n) is 1.53. The molecule has 0 saturated heterocycles. The van der Waals surface area contributed by atoms with Crippen LogP contribution < -0.4 is 15.8 Å². The number of nitrogens with zero attached hydrogens (tertiary/aromatic N) is 1. The van der Waals surface area contributed by atoms with Crippen molar-refractivity contribution in [2.45, 2.75) is 19.9 Å². The molecule has 0 bridgehead atoms. The van der Waals surface area contributed by atoms with Crippen LogP contribution in [-0.4, -0.2) is 35.6 Å². The van der Waals surface area contributed by atoms with Crippen molar-refractivity contribution in [1.82, 2.24) is 4.90 Å². The summed E-state index contributed by atoms with van der Waals surface area (Å²) in [6, 6.07) is 6.89. The molecule has 0 aliphatic heterocycles. The molecule has 0 aliphatic rings. The highest BCUT2D eigenvalue weighted by atomic mass is 32.1. The summed E-state index contributed by atoms with van der Waals surface area (Å²) in [5.41, 5.74) is 6.19. The number of nitrogens with one attached hydrogen (secondary N) is 1. The van der Waals surface area contributed by atoms with E-state index < -0.39 is 0 Å². The number of amides is 2. The molecule has 0 fully saturated rings. The van der Waals surface area contributed by atoms with Gasteiger partial charge in [0.2, 0.25) is 0 Å². The van der Waals surface area contributed by atoms with E-state index in [1.54, 1.807) is 36.3 Å². The van der Waals surface area contributed by atoms with E-state index in [0.717, 1.165) is 5.75 Å². The Labute approximate surface area is 118 Å². The van der Waals surface area contributed by atoms with Crippen LogP contribution in [0.25, 0.3) is 0 Å². The van der Waals surface area contributed by atoms with Gasteiger partial charge < -0.3 is 20.7 Å². The number of rotatable bonds is 5. The van der Waals surface area contributed by atoms with E-state index in [1.807, 2.05) is 13.8 Å². The molecule has 0 saturated carbocycles. The van der Waals surface area contributed by atoms with Gasteiger partial charge in [-0.2, -0.15) is 0 Å². The number of carbonyl (C=O) groups is 1. The highest BCUT2D eigenvalue weighted by Crippen LogP contribution is 2.15. The lowest BCUT2D eigenvalue weighted by atomic mass is 10.3. The quantitative estimate of drug-likeness (QED) is 0.812. The Morgan fingerprint density at radius 2 is 2.00 bits per heavy atom. The molecule has 0 radical (unpaired) electrons. The lowest BCUT2D eigenvalue weighted by molar-refractivity contribution is 0.206. The minimum atomic E-state index is -0.229. The van der Waals surface area contributed by atoms with Crippen LogP contribution in [0.3, 0.4) is 0 Å². The summed E-state index contributed by atoms with van der Waals surface area (Å²) < 4.78 is 5.06. The fraction of sp³-hybridized carbons (Fsp3) is 0.385. The molecule has 5 nitrogen and oxygen atoms in total. The van der Waals surface area contributed by atoms with E-state index in [1.165, 1.54) is 0 Å². The molecule has 3 N–H and O–H groups in total. The number of urea groups is 1. The zero-order valence-electron chi connectivity index (χ0n) is 11.3. The summed E-state index contributed by atoms with van der Waals surface area (Å²) in [5.74, 6) is 0.738. The Bertz CT molecular complexity index is 446. The SMILES string of the molecule is COc1ccc(NC(=O)N(CC(N)=S)C(C)C)cc1. The monoisotopic (exact) mass is 281 g/mol. The summed E-state index contributed by atoms with van der Waals surface area (Å²) in [4.78, 5) is 14.0. The normalized spacial score (nSPS) is 10.1. The molecule has 104 valence electrons. The molecule has 6 heteroatoms. The van der Waals surface area contributed by atoms with Crippen molar-refractivity contribution >= 4 is 28.9 Å². The standard InChI is InChI=1S/C13H19N3O2S/c1-9(2)16(8-12(14)19)13(17)15-10-4-6-11(18-3)7-5-10/h4-7,9H,8H2,1-3H3,(H2,14,19)(H,15,17). The van der Waals surface area contributed by atoms with Gasteiger partial charge in [0, 0.05) is 11.7 Å². The zero-order valence-corrected chi connectivity index (χ0v) is 12.2. The first-order chi connectivity index (χ1) is 8.93. The lowest BCUT2D eigenvalue weighted by Gasteiger charge is -2.26. The van der Waals surface area contributed by atoms with Gasteiger partial charge in [-0.1, -0.05) is 12.2 Å². The number of carbonyl (C=O) groups excluding carboxylic acids is 1. The first-order valence-electron chi connectivity index (χ1n) is 5.94. The average molecular weight is 281 g/mol. The number of anilines is 1. The number of thiocarbonyl (C=S) groups is 1. The maximum Gasteiger partial charge on any atom is 0.322 e.